The molecule has 0 saturated heterocycles. The maximum absolute atomic E-state index is 11.0. The Balaban J connectivity index is 2.62. The third-order valence-corrected chi connectivity index (χ3v) is 1.70. The van der Waals surface area contributed by atoms with Gasteiger partial charge in [-0.25, -0.2) is 0 Å². The van der Waals surface area contributed by atoms with Crippen LogP contribution >= 0.6 is 0 Å². The topological polar surface area (TPSA) is 17.1 Å². The first-order valence-corrected chi connectivity index (χ1v) is 3.69. The van der Waals surface area contributed by atoms with E-state index in [1.807, 2.05) is 25.2 Å². The second kappa shape index (κ2) is 3.35. The van der Waals surface area contributed by atoms with Crippen LogP contribution < -0.4 is 0 Å². The molecule has 0 radical (unpaired) electrons. The van der Waals surface area contributed by atoms with Crippen LogP contribution in [0.25, 0.3) is 0 Å². The molecule has 1 saturated carbocycles. The third kappa shape index (κ3) is 1.56. The number of rotatable bonds is 1. The molecule has 0 aromatic rings. The van der Waals surface area contributed by atoms with E-state index in [0.29, 0.717) is 5.78 Å². The normalized spacial score (nSPS) is 23.3. The lowest BCUT2D eigenvalue weighted by atomic mass is 10.2. The molecule has 0 N–H and O–H groups in total. The molecule has 1 heteroatoms. The Bertz CT molecular complexity index is 187. The number of hydrogen-bond acceptors (Lipinski definition) is 1. The minimum absolute atomic E-state index is 0.332. The molecular weight excluding hydrogens is 124 g/mol. The summed E-state index contributed by atoms with van der Waals surface area (Å²) in [5, 5.41) is 0. The Morgan fingerprint density at radius 1 is 1.40 bits per heavy atom. The lowest BCUT2D eigenvalue weighted by Crippen LogP contribution is -1.89. The summed E-state index contributed by atoms with van der Waals surface area (Å²) in [7, 11) is 0. The monoisotopic (exact) mass is 136 g/mol. The zero-order valence-corrected chi connectivity index (χ0v) is 6.26. The van der Waals surface area contributed by atoms with Gasteiger partial charge in [0.1, 0.15) is 0 Å². The Morgan fingerprint density at radius 2 is 2.20 bits per heavy atom. The molecule has 10 heavy (non-hydrogen) atoms. The van der Waals surface area contributed by atoms with E-state index in [9.17, 15) is 4.79 Å². The van der Waals surface area contributed by atoms with Crippen LogP contribution in [0.2, 0.25) is 0 Å². The fourth-order valence-electron chi connectivity index (χ4n) is 1.13. The molecule has 0 amide bonds. The molecule has 1 aliphatic carbocycles. The van der Waals surface area contributed by atoms with Crippen molar-refractivity contribution in [1.82, 2.24) is 0 Å². The van der Waals surface area contributed by atoms with Gasteiger partial charge < -0.3 is 0 Å². The van der Waals surface area contributed by atoms with Crippen LogP contribution in [0, 0.1) is 0 Å². The highest BCUT2D eigenvalue weighted by Crippen LogP contribution is 2.19. The van der Waals surface area contributed by atoms with Gasteiger partial charge in [0.15, 0.2) is 5.78 Å². The second-order valence-electron chi connectivity index (χ2n) is 2.49. The first kappa shape index (κ1) is 7.26. The average molecular weight is 136 g/mol. The van der Waals surface area contributed by atoms with Gasteiger partial charge in [-0.1, -0.05) is 18.2 Å². The molecule has 0 bridgehead atoms. The van der Waals surface area contributed by atoms with E-state index in [-0.39, 0.29) is 0 Å². The van der Waals surface area contributed by atoms with E-state index < -0.39 is 0 Å². The summed E-state index contributed by atoms with van der Waals surface area (Å²) in [6, 6.07) is 0. The van der Waals surface area contributed by atoms with E-state index in [0.717, 1.165) is 24.8 Å². The summed E-state index contributed by atoms with van der Waals surface area (Å²) < 4.78 is 0. The van der Waals surface area contributed by atoms with Crippen molar-refractivity contribution in [1.29, 1.82) is 0 Å². The van der Waals surface area contributed by atoms with Crippen LogP contribution in [0.4, 0.5) is 0 Å². The Morgan fingerprint density at radius 3 is 2.70 bits per heavy atom. The predicted octanol–water partition coefficient (Wildman–Crippen LogP) is 2.24. The van der Waals surface area contributed by atoms with Crippen LogP contribution in [-0.2, 0) is 4.79 Å². The van der Waals surface area contributed by atoms with Crippen LogP contribution in [0.15, 0.2) is 23.8 Å². The van der Waals surface area contributed by atoms with Crippen LogP contribution in [0.5, 0.6) is 0 Å². The van der Waals surface area contributed by atoms with E-state index in [2.05, 4.69) is 0 Å². The minimum atomic E-state index is 0.332. The van der Waals surface area contributed by atoms with Crippen molar-refractivity contribution < 1.29 is 4.79 Å². The van der Waals surface area contributed by atoms with E-state index in [4.69, 9.17) is 0 Å². The number of Topliss-reactive ketones (excluding diaryl/α,β-unsaturated/α-hetero) is 1. The van der Waals surface area contributed by atoms with E-state index in [1.165, 1.54) is 0 Å². The molecule has 0 aromatic heterocycles. The summed E-state index contributed by atoms with van der Waals surface area (Å²) >= 11 is 0. The van der Waals surface area contributed by atoms with Crippen LogP contribution in [0.3, 0.4) is 0 Å². The molecule has 0 aliphatic heterocycles. The van der Waals surface area contributed by atoms with Crippen molar-refractivity contribution in [3.63, 3.8) is 0 Å². The lowest BCUT2D eigenvalue weighted by Gasteiger charge is -1.87. The SMILES string of the molecule is C/C=C/C=C1/CCCC1=O. The van der Waals surface area contributed by atoms with Gasteiger partial charge in [-0.05, 0) is 25.3 Å². The molecule has 0 atom stereocenters. The maximum atomic E-state index is 11.0. The van der Waals surface area contributed by atoms with Crippen molar-refractivity contribution in [3.8, 4) is 0 Å². The van der Waals surface area contributed by atoms with Gasteiger partial charge in [0.05, 0.1) is 0 Å². The van der Waals surface area contributed by atoms with E-state index >= 15 is 0 Å². The highest BCUT2D eigenvalue weighted by atomic mass is 16.1. The maximum Gasteiger partial charge on any atom is 0.158 e. The molecule has 1 fully saturated rings. The second-order valence-corrected chi connectivity index (χ2v) is 2.49. The largest absolute Gasteiger partial charge is 0.295 e. The summed E-state index contributed by atoms with van der Waals surface area (Å²) in [5.74, 6) is 0.332. The lowest BCUT2D eigenvalue weighted by molar-refractivity contribution is -0.114. The highest BCUT2D eigenvalue weighted by Gasteiger charge is 2.14. The molecule has 0 heterocycles. The molecule has 1 rings (SSSR count). The fraction of sp³-hybridized carbons (Fsp3) is 0.444. The van der Waals surface area contributed by atoms with Gasteiger partial charge in [-0.2, -0.15) is 0 Å². The zero-order chi connectivity index (χ0) is 7.40. The summed E-state index contributed by atoms with van der Waals surface area (Å²) in [6.07, 6.45) is 8.57. The zero-order valence-electron chi connectivity index (χ0n) is 6.26. The molecule has 1 nitrogen and oxygen atoms in total. The first-order chi connectivity index (χ1) is 4.84. The number of allylic oxidation sites excluding steroid dienone is 4. The van der Waals surface area contributed by atoms with Crippen molar-refractivity contribution >= 4 is 5.78 Å². The Hall–Kier alpha value is -0.850. The standard InChI is InChI=1S/C9H12O/c1-2-3-5-8-6-4-7-9(8)10/h2-3,5H,4,6-7H2,1H3/b3-2+,8-5-. The van der Waals surface area contributed by atoms with Crippen LogP contribution in [0.1, 0.15) is 26.2 Å². The first-order valence-electron chi connectivity index (χ1n) is 3.69. The third-order valence-electron chi connectivity index (χ3n) is 1.70. The van der Waals surface area contributed by atoms with Gasteiger partial charge in [-0.15, -0.1) is 0 Å². The summed E-state index contributed by atoms with van der Waals surface area (Å²) in [5.41, 5.74) is 0.998. The van der Waals surface area contributed by atoms with E-state index in [1.54, 1.807) is 0 Å². The smallest absolute Gasteiger partial charge is 0.158 e. The van der Waals surface area contributed by atoms with Gasteiger partial charge in [-0.3, -0.25) is 4.79 Å². The molecule has 0 unspecified atom stereocenters. The summed E-state index contributed by atoms with van der Waals surface area (Å²) in [4.78, 5) is 11.0. The Labute approximate surface area is 61.4 Å². The predicted molar refractivity (Wildman–Crippen MR) is 41.8 cm³/mol. The Kier molecular flexibility index (Phi) is 2.43. The number of ketones is 1. The van der Waals surface area contributed by atoms with Gasteiger partial charge in [0, 0.05) is 6.42 Å². The highest BCUT2D eigenvalue weighted by molar-refractivity contribution is 5.97. The molecular formula is C9H12O. The average Bonchev–Trinajstić information content (AvgIpc) is 2.31. The molecule has 54 valence electrons. The quantitative estimate of drug-likeness (QED) is 0.505. The van der Waals surface area contributed by atoms with Crippen molar-refractivity contribution in [2.75, 3.05) is 0 Å². The van der Waals surface area contributed by atoms with Crippen molar-refractivity contribution in [2.24, 2.45) is 0 Å². The number of carbonyl (C=O) groups excluding carboxylic acids is 1. The van der Waals surface area contributed by atoms with Gasteiger partial charge in [0.25, 0.3) is 0 Å². The molecule has 1 aliphatic rings. The van der Waals surface area contributed by atoms with Crippen molar-refractivity contribution in [3.05, 3.63) is 23.8 Å². The van der Waals surface area contributed by atoms with Gasteiger partial charge >= 0.3 is 0 Å². The number of carbonyl (C=O) groups is 1. The molecule has 0 aromatic carbocycles. The summed E-state index contributed by atoms with van der Waals surface area (Å²) in [6.45, 7) is 1.95. The number of hydrogen-bond donors (Lipinski definition) is 0. The minimum Gasteiger partial charge on any atom is -0.295 e. The molecule has 0 spiro atoms. The van der Waals surface area contributed by atoms with Crippen molar-refractivity contribution in [2.45, 2.75) is 26.2 Å². The fourth-order valence-corrected chi connectivity index (χ4v) is 1.13. The van der Waals surface area contributed by atoms with Gasteiger partial charge in [0.2, 0.25) is 0 Å². The van der Waals surface area contributed by atoms with Crippen LogP contribution in [-0.4, -0.2) is 5.78 Å².